The van der Waals surface area contributed by atoms with E-state index in [0.29, 0.717) is 36.0 Å². The first-order chi connectivity index (χ1) is 17.4. The van der Waals surface area contributed by atoms with Gasteiger partial charge in [-0.1, -0.05) is 41.4 Å². The van der Waals surface area contributed by atoms with Gasteiger partial charge in [0.05, 0.1) is 17.8 Å². The summed E-state index contributed by atoms with van der Waals surface area (Å²) in [5.41, 5.74) is 6.94. The Kier molecular flexibility index (Phi) is 6.84. The van der Waals surface area contributed by atoms with Crippen molar-refractivity contribution in [2.45, 2.75) is 20.8 Å². The molecule has 6 heteroatoms. The fraction of sp³-hybridized carbons (Fsp3) is 0.267. The van der Waals surface area contributed by atoms with E-state index in [1.165, 1.54) is 16.8 Å². The van der Waals surface area contributed by atoms with Crippen LogP contribution in [0.5, 0.6) is 5.75 Å². The molecule has 0 N–H and O–H groups in total. The standard InChI is InChI=1S/C30H30ClN3O2/c1-4-36-29-19-27(22-6-5-7-24(31)17-22)32-26-10-9-23(18-25(26)29)30(35)34-14-12-33(13-15-34)28-11-8-20(2)16-21(28)3/h5-11,16-19H,4,12-15H2,1-3H3. The van der Waals surface area contributed by atoms with Crippen LogP contribution in [-0.2, 0) is 0 Å². The number of aromatic nitrogens is 1. The molecule has 1 aromatic heterocycles. The second-order valence-electron chi connectivity index (χ2n) is 9.25. The number of pyridine rings is 1. The molecule has 0 atom stereocenters. The molecule has 2 heterocycles. The number of carbonyl (C=O) groups excluding carboxylic acids is 1. The molecule has 0 spiro atoms. The molecule has 4 aromatic rings. The Bertz CT molecular complexity index is 1430. The van der Waals surface area contributed by atoms with Gasteiger partial charge in [-0.3, -0.25) is 4.79 Å². The second kappa shape index (κ2) is 10.2. The van der Waals surface area contributed by atoms with Gasteiger partial charge >= 0.3 is 0 Å². The Balaban J connectivity index is 1.38. The molecule has 1 aliphatic heterocycles. The summed E-state index contributed by atoms with van der Waals surface area (Å²) in [7, 11) is 0. The van der Waals surface area contributed by atoms with Crippen molar-refractivity contribution in [3.05, 3.63) is 88.4 Å². The lowest BCUT2D eigenvalue weighted by Gasteiger charge is -2.37. The van der Waals surface area contributed by atoms with Crippen LogP contribution in [0.15, 0.2) is 66.7 Å². The van der Waals surface area contributed by atoms with Crippen LogP contribution in [0, 0.1) is 13.8 Å². The van der Waals surface area contributed by atoms with Gasteiger partial charge in [0.1, 0.15) is 5.75 Å². The Morgan fingerprint density at radius 3 is 2.50 bits per heavy atom. The third-order valence-corrected chi connectivity index (χ3v) is 6.93. The second-order valence-corrected chi connectivity index (χ2v) is 9.69. The van der Waals surface area contributed by atoms with Crippen LogP contribution in [0.3, 0.4) is 0 Å². The molecule has 3 aromatic carbocycles. The van der Waals surface area contributed by atoms with Crippen molar-refractivity contribution in [2.24, 2.45) is 0 Å². The molecule has 0 radical (unpaired) electrons. The van der Waals surface area contributed by atoms with Crippen LogP contribution in [0.2, 0.25) is 5.02 Å². The molecule has 5 nitrogen and oxygen atoms in total. The Hall–Kier alpha value is -3.57. The number of anilines is 1. The van der Waals surface area contributed by atoms with Crippen molar-refractivity contribution < 1.29 is 9.53 Å². The molecule has 184 valence electrons. The minimum absolute atomic E-state index is 0.0403. The van der Waals surface area contributed by atoms with Crippen LogP contribution >= 0.6 is 11.6 Å². The van der Waals surface area contributed by atoms with Crippen molar-refractivity contribution in [1.29, 1.82) is 0 Å². The van der Waals surface area contributed by atoms with Gasteiger partial charge in [-0.2, -0.15) is 0 Å². The average molecular weight is 500 g/mol. The number of hydrogen-bond donors (Lipinski definition) is 0. The smallest absolute Gasteiger partial charge is 0.254 e. The molecule has 1 saturated heterocycles. The van der Waals surface area contributed by atoms with E-state index in [9.17, 15) is 4.79 Å². The van der Waals surface area contributed by atoms with Gasteiger partial charge < -0.3 is 14.5 Å². The zero-order chi connectivity index (χ0) is 25.2. The number of nitrogens with zero attached hydrogens (tertiary/aromatic N) is 3. The van der Waals surface area contributed by atoms with Crippen LogP contribution < -0.4 is 9.64 Å². The summed E-state index contributed by atoms with van der Waals surface area (Å²) < 4.78 is 5.97. The highest BCUT2D eigenvalue weighted by atomic mass is 35.5. The number of carbonyl (C=O) groups is 1. The summed E-state index contributed by atoms with van der Waals surface area (Å²) in [6.45, 7) is 9.75. The summed E-state index contributed by atoms with van der Waals surface area (Å²) in [5, 5.41) is 1.49. The van der Waals surface area contributed by atoms with E-state index in [0.717, 1.165) is 35.2 Å². The first-order valence-corrected chi connectivity index (χ1v) is 12.8. The number of halogens is 1. The van der Waals surface area contributed by atoms with Crippen molar-refractivity contribution in [1.82, 2.24) is 9.88 Å². The number of amides is 1. The molecule has 0 saturated carbocycles. The molecule has 0 unspecified atom stereocenters. The highest BCUT2D eigenvalue weighted by Crippen LogP contribution is 2.32. The third kappa shape index (κ3) is 4.89. The lowest BCUT2D eigenvalue weighted by Crippen LogP contribution is -2.49. The van der Waals surface area contributed by atoms with E-state index < -0.39 is 0 Å². The fourth-order valence-electron chi connectivity index (χ4n) is 4.89. The summed E-state index contributed by atoms with van der Waals surface area (Å²) in [5.74, 6) is 0.755. The number of benzene rings is 3. The number of piperazine rings is 1. The van der Waals surface area contributed by atoms with Gasteiger partial charge in [-0.05, 0) is 62.7 Å². The van der Waals surface area contributed by atoms with Gasteiger partial charge in [-0.15, -0.1) is 0 Å². The summed E-state index contributed by atoms with van der Waals surface area (Å²) >= 11 is 6.20. The lowest BCUT2D eigenvalue weighted by molar-refractivity contribution is 0.0747. The Morgan fingerprint density at radius 2 is 1.78 bits per heavy atom. The van der Waals surface area contributed by atoms with Crippen LogP contribution in [-0.4, -0.2) is 48.6 Å². The van der Waals surface area contributed by atoms with Crippen LogP contribution in [0.25, 0.3) is 22.2 Å². The largest absolute Gasteiger partial charge is 0.493 e. The van der Waals surface area contributed by atoms with Gasteiger partial charge in [0.25, 0.3) is 5.91 Å². The maximum absolute atomic E-state index is 13.4. The minimum Gasteiger partial charge on any atom is -0.493 e. The minimum atomic E-state index is 0.0403. The SMILES string of the molecule is CCOc1cc(-c2cccc(Cl)c2)nc2ccc(C(=O)N3CCN(c4ccc(C)cc4C)CC3)cc12. The number of aryl methyl sites for hydroxylation is 2. The maximum Gasteiger partial charge on any atom is 0.254 e. The van der Waals surface area contributed by atoms with Crippen molar-refractivity contribution in [3.8, 4) is 17.0 Å². The summed E-state index contributed by atoms with van der Waals surface area (Å²) in [4.78, 5) is 22.6. The van der Waals surface area contributed by atoms with E-state index in [2.05, 4.69) is 36.9 Å². The first-order valence-electron chi connectivity index (χ1n) is 12.4. The molecule has 0 bridgehead atoms. The van der Waals surface area contributed by atoms with E-state index in [1.54, 1.807) is 0 Å². The lowest BCUT2D eigenvalue weighted by atomic mass is 10.1. The van der Waals surface area contributed by atoms with E-state index in [4.69, 9.17) is 21.3 Å². The highest BCUT2D eigenvalue weighted by molar-refractivity contribution is 6.30. The van der Waals surface area contributed by atoms with E-state index in [-0.39, 0.29) is 5.91 Å². The molecular formula is C30H30ClN3O2. The van der Waals surface area contributed by atoms with Crippen LogP contribution in [0.4, 0.5) is 5.69 Å². The van der Waals surface area contributed by atoms with Crippen LogP contribution in [0.1, 0.15) is 28.4 Å². The molecule has 5 rings (SSSR count). The number of fused-ring (bicyclic) bond motifs is 1. The zero-order valence-electron chi connectivity index (χ0n) is 20.9. The molecule has 36 heavy (non-hydrogen) atoms. The van der Waals surface area contributed by atoms with E-state index in [1.807, 2.05) is 60.4 Å². The topological polar surface area (TPSA) is 45.7 Å². The summed E-state index contributed by atoms with van der Waals surface area (Å²) in [6, 6.07) is 21.8. The zero-order valence-corrected chi connectivity index (χ0v) is 21.7. The predicted octanol–water partition coefficient (Wildman–Crippen LogP) is 6.53. The quantitative estimate of drug-likeness (QED) is 0.313. The normalized spacial score (nSPS) is 13.8. The predicted molar refractivity (Wildman–Crippen MR) is 147 cm³/mol. The highest BCUT2D eigenvalue weighted by Gasteiger charge is 2.24. The molecule has 0 aliphatic carbocycles. The average Bonchev–Trinajstić information content (AvgIpc) is 2.88. The Labute approximate surface area is 217 Å². The van der Waals surface area contributed by atoms with Gasteiger partial charge in [-0.25, -0.2) is 4.98 Å². The number of hydrogen-bond acceptors (Lipinski definition) is 4. The molecule has 1 fully saturated rings. The molecule has 1 aliphatic rings. The maximum atomic E-state index is 13.4. The first kappa shape index (κ1) is 24.1. The number of ether oxygens (including phenoxy) is 1. The van der Waals surface area contributed by atoms with Crippen molar-refractivity contribution in [2.75, 3.05) is 37.7 Å². The van der Waals surface area contributed by atoms with Crippen molar-refractivity contribution >= 4 is 34.1 Å². The summed E-state index contributed by atoms with van der Waals surface area (Å²) in [6.07, 6.45) is 0. The fourth-order valence-corrected chi connectivity index (χ4v) is 5.08. The molecular weight excluding hydrogens is 470 g/mol. The van der Waals surface area contributed by atoms with Crippen molar-refractivity contribution in [3.63, 3.8) is 0 Å². The monoisotopic (exact) mass is 499 g/mol. The van der Waals surface area contributed by atoms with E-state index >= 15 is 0 Å². The third-order valence-electron chi connectivity index (χ3n) is 6.70. The van der Waals surface area contributed by atoms with Gasteiger partial charge in [0.2, 0.25) is 0 Å². The van der Waals surface area contributed by atoms with Gasteiger partial charge in [0, 0.05) is 59.5 Å². The molecule has 1 amide bonds. The van der Waals surface area contributed by atoms with Gasteiger partial charge in [0.15, 0.2) is 0 Å². The number of rotatable bonds is 5. The Morgan fingerprint density at radius 1 is 0.972 bits per heavy atom.